The molecule has 24 heavy (non-hydrogen) atoms. The van der Waals surface area contributed by atoms with E-state index in [0.29, 0.717) is 28.4 Å². The highest BCUT2D eigenvalue weighted by molar-refractivity contribution is 7.98. The van der Waals surface area contributed by atoms with Gasteiger partial charge < -0.3 is 16.4 Å². The summed E-state index contributed by atoms with van der Waals surface area (Å²) in [5, 5.41) is 6.40. The van der Waals surface area contributed by atoms with Crippen LogP contribution in [0.1, 0.15) is 10.5 Å². The lowest BCUT2D eigenvalue weighted by Gasteiger charge is -2.11. The molecule has 0 saturated heterocycles. The van der Waals surface area contributed by atoms with Gasteiger partial charge in [-0.15, -0.1) is 0 Å². The van der Waals surface area contributed by atoms with Gasteiger partial charge in [-0.3, -0.25) is 9.48 Å². The number of benzene rings is 1. The van der Waals surface area contributed by atoms with Crippen molar-refractivity contribution in [1.29, 1.82) is 0 Å². The zero-order chi connectivity index (χ0) is 17.4. The van der Waals surface area contributed by atoms with Crippen LogP contribution in [0.4, 0.5) is 5.82 Å². The number of aromatic nitrogens is 4. The van der Waals surface area contributed by atoms with Crippen molar-refractivity contribution in [3.63, 3.8) is 0 Å². The number of carbonyl (C=O) groups excluding carboxylic acids is 1. The molecule has 9 heteroatoms. The number of carbonyl (C=O) groups is 1. The second-order valence-electron chi connectivity index (χ2n) is 5.69. The molecule has 8 nitrogen and oxygen atoms in total. The summed E-state index contributed by atoms with van der Waals surface area (Å²) in [6.45, 7) is 1.37. The number of hydrogen-bond donors (Lipinski definition) is 2. The summed E-state index contributed by atoms with van der Waals surface area (Å²) in [7, 11) is 3.95. The maximum absolute atomic E-state index is 11.8. The van der Waals surface area contributed by atoms with Crippen molar-refractivity contribution in [3.8, 4) is 0 Å². The number of likely N-dealkylation sites (N-methyl/N-ethyl adjacent to an activating group) is 1. The second kappa shape index (κ2) is 6.25. The molecule has 3 aromatic rings. The Kier molecular flexibility index (Phi) is 4.29. The van der Waals surface area contributed by atoms with E-state index < -0.39 is 5.91 Å². The third-order valence-corrected chi connectivity index (χ3v) is 4.31. The molecule has 0 unspecified atom stereocenters. The molecule has 0 fully saturated rings. The topological polar surface area (TPSA) is 116 Å². The summed E-state index contributed by atoms with van der Waals surface area (Å²) in [6.07, 6.45) is 1.89. The lowest BCUT2D eigenvalue weighted by Crippen LogP contribution is -2.20. The minimum absolute atomic E-state index is 0.244. The standard InChI is InChI=1S/C15H19N7OS/c1-21(2)6-7-22-12-8(11(20-22)14(17)23)4-5-9-10(12)18-15(24-3)19-13(9)16/h4-5H,6-7H2,1-3H3,(H2,17,23)(H2,16,18,19). The highest BCUT2D eigenvalue weighted by Crippen LogP contribution is 2.30. The summed E-state index contributed by atoms with van der Waals surface area (Å²) in [5.74, 6) is -0.151. The third-order valence-electron chi connectivity index (χ3n) is 3.76. The van der Waals surface area contributed by atoms with Crippen molar-refractivity contribution in [2.75, 3.05) is 32.6 Å². The van der Waals surface area contributed by atoms with Crippen LogP contribution >= 0.6 is 11.8 Å². The van der Waals surface area contributed by atoms with Gasteiger partial charge in [-0.2, -0.15) is 5.10 Å². The molecule has 0 aliphatic carbocycles. The monoisotopic (exact) mass is 345 g/mol. The minimum atomic E-state index is -0.560. The van der Waals surface area contributed by atoms with Gasteiger partial charge in [-0.05, 0) is 32.5 Å². The molecule has 126 valence electrons. The zero-order valence-corrected chi connectivity index (χ0v) is 14.6. The van der Waals surface area contributed by atoms with Crippen LogP contribution in [0.25, 0.3) is 21.8 Å². The van der Waals surface area contributed by atoms with Gasteiger partial charge in [0.1, 0.15) is 11.3 Å². The first kappa shape index (κ1) is 16.5. The highest BCUT2D eigenvalue weighted by Gasteiger charge is 2.19. The van der Waals surface area contributed by atoms with Crippen LogP contribution in [0, 0.1) is 0 Å². The van der Waals surface area contributed by atoms with E-state index >= 15 is 0 Å². The molecule has 1 amide bonds. The number of fused-ring (bicyclic) bond motifs is 3. The predicted molar refractivity (Wildman–Crippen MR) is 96.1 cm³/mol. The third kappa shape index (κ3) is 2.76. The lowest BCUT2D eigenvalue weighted by atomic mass is 10.1. The smallest absolute Gasteiger partial charge is 0.269 e. The molecule has 0 atom stereocenters. The van der Waals surface area contributed by atoms with Gasteiger partial charge in [0.2, 0.25) is 0 Å². The molecule has 3 rings (SSSR count). The van der Waals surface area contributed by atoms with Crippen molar-refractivity contribution >= 4 is 45.3 Å². The Hall–Kier alpha value is -2.39. The molecule has 1 aromatic carbocycles. The number of primary amides is 1. The Morgan fingerprint density at radius 3 is 2.62 bits per heavy atom. The van der Waals surface area contributed by atoms with E-state index in [1.54, 1.807) is 10.7 Å². The van der Waals surface area contributed by atoms with Gasteiger partial charge in [-0.25, -0.2) is 9.97 Å². The zero-order valence-electron chi connectivity index (χ0n) is 13.8. The first-order valence-corrected chi connectivity index (χ1v) is 8.60. The molecule has 0 radical (unpaired) electrons. The quantitative estimate of drug-likeness (QED) is 0.522. The van der Waals surface area contributed by atoms with E-state index in [2.05, 4.69) is 15.1 Å². The van der Waals surface area contributed by atoms with Crippen molar-refractivity contribution < 1.29 is 4.79 Å². The molecule has 0 bridgehead atoms. The molecular weight excluding hydrogens is 326 g/mol. The molecule has 0 aliphatic heterocycles. The summed E-state index contributed by atoms with van der Waals surface area (Å²) in [6, 6.07) is 3.61. The number of rotatable bonds is 5. The maximum atomic E-state index is 11.8. The molecule has 4 N–H and O–H groups in total. The van der Waals surface area contributed by atoms with Crippen LogP contribution in [-0.4, -0.2) is 57.5 Å². The number of nitrogen functional groups attached to an aromatic ring is 1. The van der Waals surface area contributed by atoms with Gasteiger partial charge >= 0.3 is 0 Å². The van der Waals surface area contributed by atoms with Crippen LogP contribution in [0.5, 0.6) is 0 Å². The van der Waals surface area contributed by atoms with Gasteiger partial charge in [0.15, 0.2) is 10.9 Å². The van der Waals surface area contributed by atoms with Gasteiger partial charge in [0.25, 0.3) is 5.91 Å². The molecule has 0 spiro atoms. The normalized spacial score (nSPS) is 11.7. The van der Waals surface area contributed by atoms with Gasteiger partial charge in [0.05, 0.1) is 12.1 Å². The number of hydrogen-bond acceptors (Lipinski definition) is 7. The van der Waals surface area contributed by atoms with Crippen LogP contribution in [0.2, 0.25) is 0 Å². The molecular formula is C15H19N7OS. The van der Waals surface area contributed by atoms with Crippen molar-refractivity contribution in [2.24, 2.45) is 5.73 Å². The fraction of sp³-hybridized carbons (Fsp3) is 0.333. The van der Waals surface area contributed by atoms with Gasteiger partial charge in [0, 0.05) is 17.3 Å². The predicted octanol–water partition coefficient (Wildman–Crippen LogP) is 0.944. The number of thioether (sulfide) groups is 1. The Morgan fingerprint density at radius 2 is 2.00 bits per heavy atom. The molecule has 2 heterocycles. The lowest BCUT2D eigenvalue weighted by molar-refractivity contribution is 0.0996. The Labute approximate surface area is 143 Å². The average molecular weight is 345 g/mol. The number of nitrogens with two attached hydrogens (primary N) is 2. The Morgan fingerprint density at radius 1 is 1.29 bits per heavy atom. The van der Waals surface area contributed by atoms with Crippen LogP contribution < -0.4 is 11.5 Å². The Balaban J connectivity index is 2.36. The van der Waals surface area contributed by atoms with E-state index in [-0.39, 0.29) is 5.69 Å². The van der Waals surface area contributed by atoms with E-state index in [0.717, 1.165) is 17.4 Å². The SMILES string of the molecule is CSc1nc(N)c2ccc3c(C(N)=O)nn(CCN(C)C)c3c2n1. The van der Waals surface area contributed by atoms with Crippen LogP contribution in [-0.2, 0) is 6.54 Å². The van der Waals surface area contributed by atoms with Gasteiger partial charge in [-0.1, -0.05) is 11.8 Å². The van der Waals surface area contributed by atoms with E-state index in [9.17, 15) is 4.79 Å². The molecule has 0 aliphatic rings. The highest BCUT2D eigenvalue weighted by atomic mass is 32.2. The summed E-state index contributed by atoms with van der Waals surface area (Å²) < 4.78 is 1.77. The fourth-order valence-corrected chi connectivity index (χ4v) is 2.96. The van der Waals surface area contributed by atoms with Crippen molar-refractivity contribution in [1.82, 2.24) is 24.6 Å². The van der Waals surface area contributed by atoms with E-state index in [4.69, 9.17) is 11.5 Å². The first-order chi connectivity index (χ1) is 11.4. The second-order valence-corrected chi connectivity index (χ2v) is 6.47. The van der Waals surface area contributed by atoms with Crippen molar-refractivity contribution in [2.45, 2.75) is 11.7 Å². The van der Waals surface area contributed by atoms with E-state index in [1.165, 1.54) is 11.8 Å². The number of amides is 1. The van der Waals surface area contributed by atoms with Crippen LogP contribution in [0.3, 0.4) is 0 Å². The first-order valence-electron chi connectivity index (χ1n) is 7.37. The average Bonchev–Trinajstić information content (AvgIpc) is 2.92. The summed E-state index contributed by atoms with van der Waals surface area (Å²) >= 11 is 1.41. The summed E-state index contributed by atoms with van der Waals surface area (Å²) in [4.78, 5) is 22.7. The molecule has 2 aromatic heterocycles. The van der Waals surface area contributed by atoms with Crippen LogP contribution in [0.15, 0.2) is 17.3 Å². The minimum Gasteiger partial charge on any atom is -0.383 e. The van der Waals surface area contributed by atoms with E-state index in [1.807, 2.05) is 31.3 Å². The summed E-state index contributed by atoms with van der Waals surface area (Å²) in [5.41, 5.74) is 13.2. The number of nitrogens with zero attached hydrogens (tertiary/aromatic N) is 5. The van der Waals surface area contributed by atoms with Crippen molar-refractivity contribution in [3.05, 3.63) is 17.8 Å². The fourth-order valence-electron chi connectivity index (χ4n) is 2.59. The maximum Gasteiger partial charge on any atom is 0.269 e. The molecule has 0 saturated carbocycles. The Bertz CT molecular complexity index is 935. The largest absolute Gasteiger partial charge is 0.383 e. The number of anilines is 1.